The van der Waals surface area contributed by atoms with Crippen molar-refractivity contribution in [1.82, 2.24) is 20.4 Å². The number of hydrogen-bond donors (Lipinski definition) is 4. The van der Waals surface area contributed by atoms with Crippen LogP contribution in [0.3, 0.4) is 0 Å². The fourth-order valence-corrected chi connectivity index (χ4v) is 2.43. The van der Waals surface area contributed by atoms with Crippen LogP contribution in [0, 0.1) is 0 Å². The molecule has 1 atom stereocenters. The molecule has 0 saturated carbocycles. The molecule has 24 heavy (non-hydrogen) atoms. The Bertz CT molecular complexity index is 422. The fourth-order valence-electron chi connectivity index (χ4n) is 2.43. The monoisotopic (exact) mass is 341 g/mol. The number of nitrogens with two attached hydrogens (primary N) is 1. The van der Waals surface area contributed by atoms with Crippen LogP contribution >= 0.6 is 0 Å². The number of rotatable bonds is 10. The van der Waals surface area contributed by atoms with Gasteiger partial charge in [-0.15, -0.1) is 0 Å². The molecule has 1 unspecified atom stereocenters. The highest BCUT2D eigenvalue weighted by Crippen LogP contribution is 2.01. The number of nitrogens with one attached hydrogen (secondary N) is 2. The van der Waals surface area contributed by atoms with Gasteiger partial charge in [0.15, 0.2) is 0 Å². The standard InChI is InChI=1S/C16H31N5O3/c1-13(2)16(24)19-12-14(22)11-18-15(23)3-5-20-7-9-21(6-4-17)10-8-20/h14,22H,1,3-12,17H2,2H3,(H,18,23)(H,19,24). The van der Waals surface area contributed by atoms with Crippen molar-refractivity contribution in [2.45, 2.75) is 19.4 Å². The van der Waals surface area contributed by atoms with Gasteiger partial charge in [-0.25, -0.2) is 0 Å². The third kappa shape index (κ3) is 8.39. The molecule has 5 N–H and O–H groups in total. The lowest BCUT2D eigenvalue weighted by Gasteiger charge is -2.34. The molecular weight excluding hydrogens is 310 g/mol. The zero-order chi connectivity index (χ0) is 17.9. The molecule has 138 valence electrons. The molecule has 0 radical (unpaired) electrons. The minimum atomic E-state index is -0.808. The minimum Gasteiger partial charge on any atom is -0.389 e. The van der Waals surface area contributed by atoms with E-state index in [4.69, 9.17) is 5.73 Å². The highest BCUT2D eigenvalue weighted by atomic mass is 16.3. The van der Waals surface area contributed by atoms with Crippen molar-refractivity contribution in [2.24, 2.45) is 5.73 Å². The fraction of sp³-hybridized carbons (Fsp3) is 0.750. The van der Waals surface area contributed by atoms with Crippen molar-refractivity contribution in [3.05, 3.63) is 12.2 Å². The molecule has 1 rings (SSSR count). The van der Waals surface area contributed by atoms with Gasteiger partial charge < -0.3 is 26.4 Å². The van der Waals surface area contributed by atoms with Crippen LogP contribution < -0.4 is 16.4 Å². The van der Waals surface area contributed by atoms with Gasteiger partial charge in [0.05, 0.1) is 6.10 Å². The van der Waals surface area contributed by atoms with E-state index in [9.17, 15) is 14.7 Å². The summed E-state index contributed by atoms with van der Waals surface area (Å²) in [5, 5.41) is 15.0. The van der Waals surface area contributed by atoms with Gasteiger partial charge in [-0.2, -0.15) is 0 Å². The molecule has 0 aromatic heterocycles. The molecule has 1 heterocycles. The van der Waals surface area contributed by atoms with Crippen molar-refractivity contribution >= 4 is 11.8 Å². The third-order valence-electron chi connectivity index (χ3n) is 3.99. The first kappa shape index (κ1) is 20.6. The summed E-state index contributed by atoms with van der Waals surface area (Å²) >= 11 is 0. The van der Waals surface area contributed by atoms with Gasteiger partial charge in [0, 0.05) is 70.9 Å². The zero-order valence-corrected chi connectivity index (χ0v) is 14.6. The lowest BCUT2D eigenvalue weighted by atomic mass is 10.2. The zero-order valence-electron chi connectivity index (χ0n) is 14.6. The van der Waals surface area contributed by atoms with Gasteiger partial charge in [0.25, 0.3) is 0 Å². The number of piperazine rings is 1. The van der Waals surface area contributed by atoms with Gasteiger partial charge >= 0.3 is 0 Å². The van der Waals surface area contributed by atoms with Crippen LogP contribution in [0.4, 0.5) is 0 Å². The number of amides is 2. The molecule has 0 aromatic carbocycles. The van der Waals surface area contributed by atoms with Crippen molar-refractivity contribution in [2.75, 3.05) is 58.9 Å². The number of carbonyl (C=O) groups excluding carboxylic acids is 2. The molecule has 0 bridgehead atoms. The first-order valence-corrected chi connectivity index (χ1v) is 8.45. The number of aliphatic hydroxyl groups excluding tert-OH is 1. The maximum absolute atomic E-state index is 11.8. The van der Waals surface area contributed by atoms with Gasteiger partial charge in [-0.05, 0) is 6.92 Å². The lowest BCUT2D eigenvalue weighted by Crippen LogP contribution is -2.48. The van der Waals surface area contributed by atoms with E-state index < -0.39 is 6.10 Å². The van der Waals surface area contributed by atoms with Crippen molar-refractivity contribution in [3.8, 4) is 0 Å². The highest BCUT2D eigenvalue weighted by Gasteiger charge is 2.17. The molecule has 8 nitrogen and oxygen atoms in total. The molecule has 2 amide bonds. The number of hydrogen-bond acceptors (Lipinski definition) is 6. The summed E-state index contributed by atoms with van der Waals surface area (Å²) in [6.45, 7) is 11.5. The second-order valence-electron chi connectivity index (χ2n) is 6.17. The molecule has 0 spiro atoms. The second-order valence-corrected chi connectivity index (χ2v) is 6.17. The summed E-state index contributed by atoms with van der Waals surface area (Å²) in [4.78, 5) is 27.7. The van der Waals surface area contributed by atoms with Crippen LogP contribution in [0.5, 0.6) is 0 Å². The van der Waals surface area contributed by atoms with E-state index >= 15 is 0 Å². The average molecular weight is 341 g/mol. The van der Waals surface area contributed by atoms with E-state index in [1.165, 1.54) is 0 Å². The summed E-state index contributed by atoms with van der Waals surface area (Å²) in [5.41, 5.74) is 5.93. The quantitative estimate of drug-likeness (QED) is 0.346. The van der Waals surface area contributed by atoms with Crippen LogP contribution in [0.15, 0.2) is 12.2 Å². The summed E-state index contributed by atoms with van der Waals surface area (Å²) in [6.07, 6.45) is -0.404. The van der Waals surface area contributed by atoms with Gasteiger partial charge in [0.2, 0.25) is 11.8 Å². The molecule has 8 heteroatoms. The van der Waals surface area contributed by atoms with E-state index in [0.29, 0.717) is 25.1 Å². The normalized spacial score (nSPS) is 17.3. The maximum Gasteiger partial charge on any atom is 0.246 e. The van der Waals surface area contributed by atoms with E-state index in [2.05, 4.69) is 27.0 Å². The smallest absolute Gasteiger partial charge is 0.246 e. The SMILES string of the molecule is C=C(C)C(=O)NCC(O)CNC(=O)CCN1CCN(CCN)CC1. The Hall–Kier alpha value is -1.48. The summed E-state index contributed by atoms with van der Waals surface area (Å²) in [6, 6.07) is 0. The Labute approximate surface area is 144 Å². The minimum absolute atomic E-state index is 0.0923. The van der Waals surface area contributed by atoms with E-state index in [1.807, 2.05) is 0 Å². The molecule has 1 aliphatic rings. The maximum atomic E-state index is 11.8. The van der Waals surface area contributed by atoms with Crippen molar-refractivity contribution in [3.63, 3.8) is 0 Å². The lowest BCUT2D eigenvalue weighted by molar-refractivity contribution is -0.121. The Morgan fingerprint density at radius 1 is 1.12 bits per heavy atom. The summed E-state index contributed by atoms with van der Waals surface area (Å²) in [5.74, 6) is -0.390. The predicted octanol–water partition coefficient (Wildman–Crippen LogP) is -1.88. The number of nitrogens with zero attached hydrogens (tertiary/aromatic N) is 2. The molecule has 0 aliphatic carbocycles. The van der Waals surface area contributed by atoms with Crippen LogP contribution in [0.25, 0.3) is 0 Å². The van der Waals surface area contributed by atoms with Crippen LogP contribution in [-0.4, -0.2) is 91.7 Å². The number of carbonyl (C=O) groups is 2. The Morgan fingerprint density at radius 3 is 2.21 bits per heavy atom. The van der Waals surface area contributed by atoms with Crippen LogP contribution in [-0.2, 0) is 9.59 Å². The van der Waals surface area contributed by atoms with Crippen molar-refractivity contribution < 1.29 is 14.7 Å². The molecule has 0 aromatic rings. The van der Waals surface area contributed by atoms with Crippen molar-refractivity contribution in [1.29, 1.82) is 0 Å². The van der Waals surface area contributed by atoms with Crippen LogP contribution in [0.2, 0.25) is 0 Å². The predicted molar refractivity (Wildman–Crippen MR) is 93.4 cm³/mol. The van der Waals surface area contributed by atoms with E-state index in [-0.39, 0.29) is 24.9 Å². The summed E-state index contributed by atoms with van der Waals surface area (Å²) in [7, 11) is 0. The second kappa shape index (κ2) is 11.1. The largest absolute Gasteiger partial charge is 0.389 e. The highest BCUT2D eigenvalue weighted by molar-refractivity contribution is 5.92. The molecule has 1 saturated heterocycles. The third-order valence-corrected chi connectivity index (χ3v) is 3.99. The van der Waals surface area contributed by atoms with Gasteiger partial charge in [0.1, 0.15) is 0 Å². The molecule has 1 aliphatic heterocycles. The summed E-state index contributed by atoms with van der Waals surface area (Å²) < 4.78 is 0. The average Bonchev–Trinajstić information content (AvgIpc) is 2.57. The first-order chi connectivity index (χ1) is 11.4. The van der Waals surface area contributed by atoms with Gasteiger partial charge in [-0.1, -0.05) is 6.58 Å². The van der Waals surface area contributed by atoms with E-state index in [1.54, 1.807) is 6.92 Å². The topological polar surface area (TPSA) is 111 Å². The van der Waals surface area contributed by atoms with E-state index in [0.717, 1.165) is 32.7 Å². The Balaban J connectivity index is 2.10. The Morgan fingerprint density at radius 2 is 1.67 bits per heavy atom. The van der Waals surface area contributed by atoms with Crippen LogP contribution in [0.1, 0.15) is 13.3 Å². The Kier molecular flexibility index (Phi) is 9.55. The molecule has 1 fully saturated rings. The first-order valence-electron chi connectivity index (χ1n) is 8.45. The number of aliphatic hydroxyl groups is 1. The molecular formula is C16H31N5O3. The van der Waals surface area contributed by atoms with Gasteiger partial charge in [-0.3, -0.25) is 14.5 Å².